The van der Waals surface area contributed by atoms with Crippen molar-refractivity contribution in [2.75, 3.05) is 7.11 Å². The summed E-state index contributed by atoms with van der Waals surface area (Å²) in [6.45, 7) is 0. The van der Waals surface area contributed by atoms with Crippen molar-refractivity contribution >= 4 is 17.6 Å². The molecule has 0 fully saturated rings. The first-order valence-corrected chi connectivity index (χ1v) is 7.32. The summed E-state index contributed by atoms with van der Waals surface area (Å²) < 4.78 is 5.18. The monoisotopic (exact) mass is 344 g/mol. The molecule has 2 aromatic rings. The van der Waals surface area contributed by atoms with Crippen molar-refractivity contribution in [1.29, 1.82) is 0 Å². The molecule has 2 rings (SSSR count). The highest BCUT2D eigenvalue weighted by Gasteiger charge is 2.23. The number of nitrogens with one attached hydrogen (secondary N) is 1. The van der Waals surface area contributed by atoms with Crippen LogP contribution in [0.25, 0.3) is 0 Å². The Balaban J connectivity index is 2.19. The molecule has 0 heterocycles. The van der Waals surface area contributed by atoms with Crippen LogP contribution in [0.1, 0.15) is 15.9 Å². The second kappa shape index (κ2) is 7.91. The number of benzene rings is 2. The lowest BCUT2D eigenvalue weighted by Gasteiger charge is -2.16. The number of carboxylic acids is 1. The first-order valence-electron chi connectivity index (χ1n) is 7.32. The van der Waals surface area contributed by atoms with E-state index in [4.69, 9.17) is 4.74 Å². The molecule has 0 radical (unpaired) electrons. The lowest BCUT2D eigenvalue weighted by molar-refractivity contribution is -0.384. The van der Waals surface area contributed by atoms with E-state index in [1.54, 1.807) is 24.3 Å². The molecule has 0 aliphatic carbocycles. The van der Waals surface area contributed by atoms with Crippen molar-refractivity contribution in [2.45, 2.75) is 12.5 Å². The van der Waals surface area contributed by atoms with E-state index in [-0.39, 0.29) is 17.7 Å². The molecular formula is C17H16N2O6. The number of nitro groups is 1. The van der Waals surface area contributed by atoms with Gasteiger partial charge >= 0.3 is 5.97 Å². The van der Waals surface area contributed by atoms with Gasteiger partial charge in [0.2, 0.25) is 0 Å². The predicted molar refractivity (Wildman–Crippen MR) is 88.7 cm³/mol. The molecule has 8 nitrogen and oxygen atoms in total. The largest absolute Gasteiger partial charge is 0.496 e. The fraction of sp³-hybridized carbons (Fsp3) is 0.176. The third-order valence-corrected chi connectivity index (χ3v) is 3.54. The van der Waals surface area contributed by atoms with Gasteiger partial charge in [0.15, 0.2) is 0 Å². The van der Waals surface area contributed by atoms with Gasteiger partial charge in [0.1, 0.15) is 11.8 Å². The quantitative estimate of drug-likeness (QED) is 0.586. The molecule has 0 saturated heterocycles. The van der Waals surface area contributed by atoms with Crippen molar-refractivity contribution < 1.29 is 24.4 Å². The Hall–Kier alpha value is -3.42. The molecule has 1 amide bonds. The molecule has 0 aromatic heterocycles. The van der Waals surface area contributed by atoms with Crippen molar-refractivity contribution in [3.8, 4) is 5.75 Å². The molecule has 0 bridgehead atoms. The normalized spacial score (nSPS) is 11.4. The lowest BCUT2D eigenvalue weighted by Crippen LogP contribution is -2.42. The summed E-state index contributed by atoms with van der Waals surface area (Å²) in [5.74, 6) is -1.41. The Morgan fingerprint density at radius 3 is 2.60 bits per heavy atom. The van der Waals surface area contributed by atoms with E-state index in [9.17, 15) is 24.8 Å². The molecule has 0 unspecified atom stereocenters. The van der Waals surface area contributed by atoms with Gasteiger partial charge in [-0.05, 0) is 17.7 Å². The highest BCUT2D eigenvalue weighted by atomic mass is 16.6. The van der Waals surface area contributed by atoms with Gasteiger partial charge in [-0.1, -0.05) is 24.3 Å². The second-order valence-corrected chi connectivity index (χ2v) is 5.19. The zero-order chi connectivity index (χ0) is 18.4. The Morgan fingerprint density at radius 2 is 1.96 bits per heavy atom. The topological polar surface area (TPSA) is 119 Å². The van der Waals surface area contributed by atoms with E-state index < -0.39 is 22.8 Å². The van der Waals surface area contributed by atoms with E-state index in [0.29, 0.717) is 11.3 Å². The van der Waals surface area contributed by atoms with Crippen LogP contribution in [0, 0.1) is 10.1 Å². The zero-order valence-corrected chi connectivity index (χ0v) is 13.3. The highest BCUT2D eigenvalue weighted by molar-refractivity contribution is 5.97. The summed E-state index contributed by atoms with van der Waals surface area (Å²) >= 11 is 0. The Morgan fingerprint density at radius 1 is 1.24 bits per heavy atom. The average Bonchev–Trinajstić information content (AvgIpc) is 2.61. The fourth-order valence-electron chi connectivity index (χ4n) is 2.29. The first-order chi connectivity index (χ1) is 11.9. The Bertz CT molecular complexity index is 805. The van der Waals surface area contributed by atoms with Gasteiger partial charge in [-0.15, -0.1) is 0 Å². The number of methoxy groups -OCH3 is 1. The number of hydrogen-bond donors (Lipinski definition) is 2. The molecule has 1 atom stereocenters. The number of nitrogens with zero attached hydrogens (tertiary/aromatic N) is 1. The number of nitro benzene ring substituents is 1. The number of carbonyl (C=O) groups excluding carboxylic acids is 1. The van der Waals surface area contributed by atoms with Crippen LogP contribution in [-0.2, 0) is 11.2 Å². The van der Waals surface area contributed by atoms with Crippen LogP contribution < -0.4 is 10.1 Å². The average molecular weight is 344 g/mol. The van der Waals surface area contributed by atoms with Crippen molar-refractivity contribution in [3.05, 3.63) is 69.8 Å². The number of ether oxygens (including phenoxy) is 1. The van der Waals surface area contributed by atoms with Crippen molar-refractivity contribution in [2.24, 2.45) is 0 Å². The minimum Gasteiger partial charge on any atom is -0.496 e. The van der Waals surface area contributed by atoms with Crippen LogP contribution in [0.3, 0.4) is 0 Å². The van der Waals surface area contributed by atoms with Crippen LogP contribution in [0.2, 0.25) is 0 Å². The summed E-state index contributed by atoms with van der Waals surface area (Å²) in [5, 5.41) is 22.5. The molecule has 0 saturated carbocycles. The number of hydrogen-bond acceptors (Lipinski definition) is 5. The molecule has 130 valence electrons. The van der Waals surface area contributed by atoms with E-state index in [1.165, 1.54) is 25.3 Å². The molecule has 0 spiro atoms. The second-order valence-electron chi connectivity index (χ2n) is 5.19. The minimum absolute atomic E-state index is 0.0139. The van der Waals surface area contributed by atoms with E-state index in [0.717, 1.165) is 6.07 Å². The zero-order valence-electron chi connectivity index (χ0n) is 13.3. The molecule has 25 heavy (non-hydrogen) atoms. The summed E-state index contributed by atoms with van der Waals surface area (Å²) in [4.78, 5) is 33.9. The van der Waals surface area contributed by atoms with Gasteiger partial charge in [0.25, 0.3) is 11.6 Å². The number of rotatable bonds is 7. The van der Waals surface area contributed by atoms with E-state index >= 15 is 0 Å². The molecule has 0 aliphatic heterocycles. The maximum absolute atomic E-state index is 12.3. The number of carbonyl (C=O) groups is 2. The van der Waals surface area contributed by atoms with Gasteiger partial charge in [0, 0.05) is 24.1 Å². The van der Waals surface area contributed by atoms with Crippen molar-refractivity contribution in [1.82, 2.24) is 5.32 Å². The van der Waals surface area contributed by atoms with Crippen LogP contribution >= 0.6 is 0 Å². The summed E-state index contributed by atoms with van der Waals surface area (Å²) in [6, 6.07) is 10.8. The Kier molecular flexibility index (Phi) is 5.67. The number of para-hydroxylation sites is 1. The SMILES string of the molecule is COc1ccccc1C[C@@H](NC(=O)c1cccc([N+](=O)[O-])c1)C(=O)O. The van der Waals surface area contributed by atoms with Crippen LogP contribution in [0.5, 0.6) is 5.75 Å². The third kappa shape index (κ3) is 4.54. The lowest BCUT2D eigenvalue weighted by atomic mass is 10.0. The minimum atomic E-state index is -1.22. The van der Waals surface area contributed by atoms with E-state index in [1.807, 2.05) is 0 Å². The van der Waals surface area contributed by atoms with Crippen LogP contribution in [0.15, 0.2) is 48.5 Å². The van der Waals surface area contributed by atoms with E-state index in [2.05, 4.69) is 5.32 Å². The van der Waals surface area contributed by atoms with Crippen molar-refractivity contribution in [3.63, 3.8) is 0 Å². The maximum atomic E-state index is 12.3. The van der Waals surface area contributed by atoms with Gasteiger partial charge in [-0.3, -0.25) is 14.9 Å². The summed E-state index contributed by atoms with van der Waals surface area (Å²) in [5.41, 5.74) is 0.390. The summed E-state index contributed by atoms with van der Waals surface area (Å²) in [7, 11) is 1.47. The third-order valence-electron chi connectivity index (χ3n) is 3.54. The molecule has 8 heteroatoms. The molecule has 2 N–H and O–H groups in total. The maximum Gasteiger partial charge on any atom is 0.326 e. The molecule has 2 aromatic carbocycles. The Labute approximate surface area is 143 Å². The summed E-state index contributed by atoms with van der Waals surface area (Å²) in [6.07, 6.45) is 0.0139. The first kappa shape index (κ1) is 17.9. The number of non-ortho nitro benzene ring substituents is 1. The highest BCUT2D eigenvalue weighted by Crippen LogP contribution is 2.19. The van der Waals surface area contributed by atoms with Gasteiger partial charge < -0.3 is 15.2 Å². The number of amides is 1. The standard InChI is InChI=1S/C17H16N2O6/c1-25-15-8-3-2-5-11(15)10-14(17(21)22)18-16(20)12-6-4-7-13(9-12)19(23)24/h2-9,14H,10H2,1H3,(H,18,20)(H,21,22)/t14-/m1/s1. The number of aliphatic carboxylic acids is 1. The predicted octanol–water partition coefficient (Wildman–Crippen LogP) is 2.03. The van der Waals surface area contributed by atoms with Gasteiger partial charge in [-0.25, -0.2) is 4.79 Å². The van der Waals surface area contributed by atoms with Gasteiger partial charge in [-0.2, -0.15) is 0 Å². The van der Waals surface area contributed by atoms with Crippen LogP contribution in [0.4, 0.5) is 5.69 Å². The smallest absolute Gasteiger partial charge is 0.326 e. The molecular weight excluding hydrogens is 328 g/mol. The fourth-order valence-corrected chi connectivity index (χ4v) is 2.29. The van der Waals surface area contributed by atoms with Crippen LogP contribution in [-0.4, -0.2) is 35.1 Å². The van der Waals surface area contributed by atoms with Gasteiger partial charge in [0.05, 0.1) is 12.0 Å². The number of carboxylic acid groups (broad SMARTS) is 1. The molecule has 0 aliphatic rings.